The highest BCUT2D eigenvalue weighted by Gasteiger charge is 1.96. The van der Waals surface area contributed by atoms with E-state index in [9.17, 15) is 0 Å². The van der Waals surface area contributed by atoms with Crippen LogP contribution >= 0.6 is 24.4 Å². The van der Waals surface area contributed by atoms with Gasteiger partial charge in [-0.1, -0.05) is 0 Å². The van der Waals surface area contributed by atoms with Gasteiger partial charge in [0.1, 0.15) is 0 Å². The number of hydrazone groups is 2. The molecule has 0 unspecified atom stereocenters. The molecule has 6 nitrogen and oxygen atoms in total. The normalized spacial score (nSPS) is 12.1. The second-order valence-electron chi connectivity index (χ2n) is 2.35. The van der Waals surface area contributed by atoms with Gasteiger partial charge in [0.2, 0.25) is 0 Å². The standard InChI is InChI=1S/C6H12N6S2/c1-3(9-11-5(7)13)4(2)10-12-6(8)14/h1-2H3,(H3,7,11,13)(H3,8,12,14)/b9-3+,10-4+. The zero-order valence-corrected chi connectivity index (χ0v) is 9.50. The molecule has 8 heteroatoms. The summed E-state index contributed by atoms with van der Waals surface area (Å²) in [5, 5.41) is 7.89. The lowest BCUT2D eigenvalue weighted by atomic mass is 10.3. The third-order valence-corrected chi connectivity index (χ3v) is 1.37. The Balaban J connectivity index is 4.29. The van der Waals surface area contributed by atoms with Gasteiger partial charge in [0.25, 0.3) is 0 Å². The Morgan fingerprint density at radius 1 is 0.929 bits per heavy atom. The summed E-state index contributed by atoms with van der Waals surface area (Å²) in [6.07, 6.45) is 0. The Morgan fingerprint density at radius 2 is 1.21 bits per heavy atom. The molecule has 0 aromatic heterocycles. The first-order chi connectivity index (χ1) is 6.43. The molecule has 0 aliphatic carbocycles. The van der Waals surface area contributed by atoms with Crippen molar-refractivity contribution in [1.29, 1.82) is 0 Å². The minimum Gasteiger partial charge on any atom is -0.375 e. The van der Waals surface area contributed by atoms with Crippen molar-refractivity contribution < 1.29 is 0 Å². The number of rotatable bonds is 3. The maximum absolute atomic E-state index is 5.18. The van der Waals surface area contributed by atoms with Crippen LogP contribution in [0, 0.1) is 0 Å². The molecule has 0 saturated heterocycles. The van der Waals surface area contributed by atoms with Crippen LogP contribution in [0.15, 0.2) is 10.2 Å². The molecule has 0 amide bonds. The van der Waals surface area contributed by atoms with E-state index in [-0.39, 0.29) is 10.2 Å². The third-order valence-electron chi connectivity index (χ3n) is 1.19. The summed E-state index contributed by atoms with van der Waals surface area (Å²) in [4.78, 5) is 0. The van der Waals surface area contributed by atoms with Crippen LogP contribution in [-0.2, 0) is 0 Å². The van der Waals surface area contributed by atoms with E-state index in [1.165, 1.54) is 0 Å². The molecule has 0 aromatic carbocycles. The van der Waals surface area contributed by atoms with E-state index in [0.717, 1.165) is 0 Å². The molecule has 0 aromatic rings. The minimum absolute atomic E-state index is 0.0967. The Hall–Kier alpha value is -1.28. The molecule has 0 atom stereocenters. The Bertz CT molecular complexity index is 265. The summed E-state index contributed by atoms with van der Waals surface area (Å²) in [5.41, 5.74) is 16.5. The summed E-state index contributed by atoms with van der Waals surface area (Å²) < 4.78 is 0. The largest absolute Gasteiger partial charge is 0.375 e. The fourth-order valence-corrected chi connectivity index (χ4v) is 0.531. The number of nitrogens with two attached hydrogens (primary N) is 2. The van der Waals surface area contributed by atoms with Crippen LogP contribution in [0.5, 0.6) is 0 Å². The molecule has 0 radical (unpaired) electrons. The molecular weight excluding hydrogens is 220 g/mol. The van der Waals surface area contributed by atoms with Gasteiger partial charge in [-0.3, -0.25) is 10.9 Å². The van der Waals surface area contributed by atoms with Crippen molar-refractivity contribution in [3.05, 3.63) is 0 Å². The quantitative estimate of drug-likeness (QED) is 0.295. The lowest BCUT2D eigenvalue weighted by Gasteiger charge is -2.01. The fourth-order valence-electron chi connectivity index (χ4n) is 0.440. The predicted octanol–water partition coefficient (Wildman–Crippen LogP) is -0.595. The predicted molar refractivity (Wildman–Crippen MR) is 66.1 cm³/mol. The van der Waals surface area contributed by atoms with Crippen molar-refractivity contribution in [3.8, 4) is 0 Å². The molecular formula is C6H12N6S2. The van der Waals surface area contributed by atoms with Gasteiger partial charge in [0, 0.05) is 0 Å². The van der Waals surface area contributed by atoms with E-state index < -0.39 is 0 Å². The van der Waals surface area contributed by atoms with Gasteiger partial charge in [-0.15, -0.1) is 0 Å². The number of nitrogens with zero attached hydrogens (tertiary/aromatic N) is 2. The van der Waals surface area contributed by atoms with Crippen LogP contribution in [0.4, 0.5) is 0 Å². The van der Waals surface area contributed by atoms with Gasteiger partial charge in [0.15, 0.2) is 10.2 Å². The number of hydrogen-bond acceptors (Lipinski definition) is 4. The highest BCUT2D eigenvalue weighted by atomic mass is 32.1. The lowest BCUT2D eigenvalue weighted by molar-refractivity contribution is 1.02. The zero-order valence-electron chi connectivity index (χ0n) is 7.87. The molecule has 0 aliphatic heterocycles. The van der Waals surface area contributed by atoms with Crippen molar-refractivity contribution in [2.75, 3.05) is 0 Å². The highest BCUT2D eigenvalue weighted by Crippen LogP contribution is 1.81. The molecule has 0 saturated carbocycles. The van der Waals surface area contributed by atoms with E-state index in [2.05, 4.69) is 45.5 Å². The van der Waals surface area contributed by atoms with Crippen LogP contribution in [-0.4, -0.2) is 21.6 Å². The summed E-state index contributed by atoms with van der Waals surface area (Å²) in [7, 11) is 0. The van der Waals surface area contributed by atoms with Crippen LogP contribution in [0.1, 0.15) is 13.8 Å². The monoisotopic (exact) mass is 232 g/mol. The van der Waals surface area contributed by atoms with Crippen LogP contribution < -0.4 is 22.3 Å². The second kappa shape index (κ2) is 6.22. The molecule has 0 aliphatic rings. The summed E-state index contributed by atoms with van der Waals surface area (Å²) >= 11 is 9.14. The van der Waals surface area contributed by atoms with Gasteiger partial charge in [-0.25, -0.2) is 0 Å². The fraction of sp³-hybridized carbons (Fsp3) is 0.333. The smallest absolute Gasteiger partial charge is 0.184 e. The lowest BCUT2D eigenvalue weighted by Crippen LogP contribution is -2.28. The van der Waals surface area contributed by atoms with Crippen LogP contribution in [0.2, 0.25) is 0 Å². The van der Waals surface area contributed by atoms with Gasteiger partial charge < -0.3 is 11.5 Å². The average molecular weight is 232 g/mol. The second-order valence-corrected chi connectivity index (χ2v) is 3.23. The minimum atomic E-state index is 0.0967. The van der Waals surface area contributed by atoms with Gasteiger partial charge in [0.05, 0.1) is 11.4 Å². The van der Waals surface area contributed by atoms with Gasteiger partial charge >= 0.3 is 0 Å². The molecule has 78 valence electrons. The molecule has 14 heavy (non-hydrogen) atoms. The number of thiocarbonyl (C=S) groups is 2. The van der Waals surface area contributed by atoms with E-state index >= 15 is 0 Å². The molecule has 0 rings (SSSR count). The SMILES string of the molecule is CC(=N\NC(N)=S)/C(C)=N/NC(N)=S. The van der Waals surface area contributed by atoms with Crippen molar-refractivity contribution in [1.82, 2.24) is 10.9 Å². The van der Waals surface area contributed by atoms with Crippen molar-refractivity contribution in [2.24, 2.45) is 21.7 Å². The van der Waals surface area contributed by atoms with E-state index in [1.54, 1.807) is 13.8 Å². The summed E-state index contributed by atoms with van der Waals surface area (Å²) in [6, 6.07) is 0. The maximum atomic E-state index is 5.18. The van der Waals surface area contributed by atoms with E-state index in [4.69, 9.17) is 11.5 Å². The number of nitrogens with one attached hydrogen (secondary N) is 2. The Labute approximate surface area is 92.8 Å². The van der Waals surface area contributed by atoms with E-state index in [0.29, 0.717) is 11.4 Å². The maximum Gasteiger partial charge on any atom is 0.184 e. The zero-order chi connectivity index (χ0) is 11.1. The molecule has 0 fully saturated rings. The van der Waals surface area contributed by atoms with Crippen molar-refractivity contribution in [3.63, 3.8) is 0 Å². The van der Waals surface area contributed by atoms with Crippen LogP contribution in [0.3, 0.4) is 0 Å². The summed E-state index contributed by atoms with van der Waals surface area (Å²) in [5.74, 6) is 0. The first-order valence-electron chi connectivity index (χ1n) is 3.63. The topological polar surface area (TPSA) is 101 Å². The first-order valence-corrected chi connectivity index (χ1v) is 4.45. The van der Waals surface area contributed by atoms with E-state index in [1.807, 2.05) is 0 Å². The number of hydrogen-bond donors (Lipinski definition) is 4. The molecule has 0 spiro atoms. The summed E-state index contributed by atoms with van der Waals surface area (Å²) in [6.45, 7) is 3.48. The first kappa shape index (κ1) is 12.7. The van der Waals surface area contributed by atoms with Gasteiger partial charge in [-0.05, 0) is 38.3 Å². The average Bonchev–Trinajstić information content (AvgIpc) is 2.09. The van der Waals surface area contributed by atoms with Crippen molar-refractivity contribution >= 4 is 46.1 Å². The Kier molecular flexibility index (Phi) is 5.65. The Morgan fingerprint density at radius 3 is 1.43 bits per heavy atom. The molecule has 6 N–H and O–H groups in total. The third kappa shape index (κ3) is 6.26. The molecule has 0 bridgehead atoms. The van der Waals surface area contributed by atoms with Crippen LogP contribution in [0.25, 0.3) is 0 Å². The van der Waals surface area contributed by atoms with Gasteiger partial charge in [-0.2, -0.15) is 10.2 Å². The molecule has 0 heterocycles. The highest BCUT2D eigenvalue weighted by molar-refractivity contribution is 7.80. The van der Waals surface area contributed by atoms with Crippen molar-refractivity contribution in [2.45, 2.75) is 13.8 Å².